The Kier molecular flexibility index (Phi) is 7.13. The minimum absolute atomic E-state index is 0.786. The van der Waals surface area contributed by atoms with E-state index in [1.54, 1.807) is 7.11 Å². The summed E-state index contributed by atoms with van der Waals surface area (Å²) in [5, 5.41) is 3.46. The highest BCUT2D eigenvalue weighted by Gasteiger charge is 1.97. The van der Waals surface area contributed by atoms with Crippen LogP contribution in [0.15, 0.2) is 29.2 Å². The van der Waals surface area contributed by atoms with Crippen LogP contribution in [0.1, 0.15) is 20.3 Å². The summed E-state index contributed by atoms with van der Waals surface area (Å²) >= 11 is 1.87. The summed E-state index contributed by atoms with van der Waals surface area (Å²) in [5.41, 5.74) is 0. The van der Waals surface area contributed by atoms with Crippen LogP contribution in [-0.2, 0) is 0 Å². The standard InChI is InChI=1S/C14H23NOS/c1-12(2)7-8-15-9-10-17-14-6-4-5-13(11-14)16-3/h4-6,11-12,15H,7-10H2,1-3H3. The second kappa shape index (κ2) is 8.43. The minimum Gasteiger partial charge on any atom is -0.497 e. The van der Waals surface area contributed by atoms with Crippen LogP contribution in [0, 0.1) is 5.92 Å². The highest BCUT2D eigenvalue weighted by Crippen LogP contribution is 2.22. The lowest BCUT2D eigenvalue weighted by molar-refractivity contribution is 0.413. The summed E-state index contributed by atoms with van der Waals surface area (Å²) in [6.07, 6.45) is 1.25. The van der Waals surface area contributed by atoms with E-state index in [1.807, 2.05) is 23.9 Å². The van der Waals surface area contributed by atoms with Crippen molar-refractivity contribution in [2.24, 2.45) is 5.92 Å². The van der Waals surface area contributed by atoms with Crippen molar-refractivity contribution in [2.75, 3.05) is 26.0 Å². The molecule has 17 heavy (non-hydrogen) atoms. The van der Waals surface area contributed by atoms with Gasteiger partial charge in [0.2, 0.25) is 0 Å². The summed E-state index contributed by atoms with van der Waals surface area (Å²) in [7, 11) is 1.71. The van der Waals surface area contributed by atoms with E-state index >= 15 is 0 Å². The zero-order valence-corrected chi connectivity index (χ0v) is 11.8. The zero-order valence-electron chi connectivity index (χ0n) is 11.0. The lowest BCUT2D eigenvalue weighted by Crippen LogP contribution is -2.19. The van der Waals surface area contributed by atoms with Crippen LogP contribution in [-0.4, -0.2) is 26.0 Å². The van der Waals surface area contributed by atoms with Gasteiger partial charge in [-0.1, -0.05) is 19.9 Å². The Morgan fingerprint density at radius 3 is 2.82 bits per heavy atom. The first-order valence-corrected chi connectivity index (χ1v) is 7.18. The Morgan fingerprint density at radius 2 is 2.12 bits per heavy atom. The van der Waals surface area contributed by atoms with E-state index in [2.05, 4.69) is 31.3 Å². The van der Waals surface area contributed by atoms with Crippen molar-refractivity contribution in [3.8, 4) is 5.75 Å². The maximum absolute atomic E-state index is 5.20. The second-order valence-corrected chi connectivity index (χ2v) is 5.63. The molecule has 0 unspecified atom stereocenters. The summed E-state index contributed by atoms with van der Waals surface area (Å²) in [6, 6.07) is 8.22. The molecule has 0 heterocycles. The predicted molar refractivity (Wildman–Crippen MR) is 76.0 cm³/mol. The van der Waals surface area contributed by atoms with Crippen LogP contribution >= 0.6 is 11.8 Å². The van der Waals surface area contributed by atoms with Crippen molar-refractivity contribution < 1.29 is 4.74 Å². The maximum atomic E-state index is 5.20. The lowest BCUT2D eigenvalue weighted by Gasteiger charge is -2.07. The highest BCUT2D eigenvalue weighted by molar-refractivity contribution is 7.99. The first kappa shape index (κ1) is 14.4. The zero-order chi connectivity index (χ0) is 12.5. The van der Waals surface area contributed by atoms with Gasteiger partial charge in [0.15, 0.2) is 0 Å². The number of methoxy groups -OCH3 is 1. The van der Waals surface area contributed by atoms with Crippen LogP contribution in [0.25, 0.3) is 0 Å². The quantitative estimate of drug-likeness (QED) is 0.566. The summed E-state index contributed by atoms with van der Waals surface area (Å²) in [4.78, 5) is 1.27. The molecule has 1 aromatic carbocycles. The Bertz CT molecular complexity index is 315. The van der Waals surface area contributed by atoms with Crippen LogP contribution in [0.5, 0.6) is 5.75 Å². The number of hydrogen-bond donors (Lipinski definition) is 1. The van der Waals surface area contributed by atoms with Gasteiger partial charge in [-0.3, -0.25) is 0 Å². The molecular weight excluding hydrogens is 230 g/mol. The van der Waals surface area contributed by atoms with Crippen molar-refractivity contribution in [1.82, 2.24) is 5.32 Å². The predicted octanol–water partition coefficient (Wildman–Crippen LogP) is 3.42. The van der Waals surface area contributed by atoms with Crippen molar-refractivity contribution >= 4 is 11.8 Å². The topological polar surface area (TPSA) is 21.3 Å². The molecule has 0 fully saturated rings. The van der Waals surface area contributed by atoms with E-state index in [1.165, 1.54) is 11.3 Å². The van der Waals surface area contributed by atoms with E-state index in [-0.39, 0.29) is 0 Å². The van der Waals surface area contributed by atoms with Crippen LogP contribution in [0.2, 0.25) is 0 Å². The first-order chi connectivity index (χ1) is 8.22. The molecule has 3 heteroatoms. The van der Waals surface area contributed by atoms with Gasteiger partial charge in [0.1, 0.15) is 5.75 Å². The van der Waals surface area contributed by atoms with E-state index < -0.39 is 0 Å². The molecule has 1 aromatic rings. The van der Waals surface area contributed by atoms with Crippen molar-refractivity contribution in [2.45, 2.75) is 25.2 Å². The van der Waals surface area contributed by atoms with Gasteiger partial charge in [-0.15, -0.1) is 11.8 Å². The molecule has 0 aliphatic carbocycles. The highest BCUT2D eigenvalue weighted by atomic mass is 32.2. The Hall–Kier alpha value is -0.670. The number of benzene rings is 1. The van der Waals surface area contributed by atoms with Gasteiger partial charge in [-0.2, -0.15) is 0 Å². The number of ether oxygens (including phenoxy) is 1. The molecule has 0 amide bonds. The normalized spacial score (nSPS) is 10.8. The van der Waals surface area contributed by atoms with Crippen LogP contribution in [0.3, 0.4) is 0 Å². The lowest BCUT2D eigenvalue weighted by atomic mass is 10.1. The molecule has 1 N–H and O–H groups in total. The van der Waals surface area contributed by atoms with Gasteiger partial charge < -0.3 is 10.1 Å². The monoisotopic (exact) mass is 253 g/mol. The molecule has 0 bridgehead atoms. The molecule has 0 atom stereocenters. The van der Waals surface area contributed by atoms with Crippen LogP contribution < -0.4 is 10.1 Å². The molecule has 96 valence electrons. The van der Waals surface area contributed by atoms with E-state index in [0.29, 0.717) is 0 Å². The van der Waals surface area contributed by atoms with Crippen molar-refractivity contribution in [3.05, 3.63) is 24.3 Å². The summed E-state index contributed by atoms with van der Waals surface area (Å²) in [6.45, 7) is 6.70. The average molecular weight is 253 g/mol. The van der Waals surface area contributed by atoms with Gasteiger partial charge >= 0.3 is 0 Å². The molecular formula is C14H23NOS. The molecule has 0 aromatic heterocycles. The first-order valence-electron chi connectivity index (χ1n) is 6.20. The number of rotatable bonds is 8. The summed E-state index contributed by atoms with van der Waals surface area (Å²) in [5.74, 6) is 2.82. The summed E-state index contributed by atoms with van der Waals surface area (Å²) < 4.78 is 5.20. The Balaban J connectivity index is 2.13. The van der Waals surface area contributed by atoms with Gasteiger partial charge in [0.05, 0.1) is 7.11 Å². The molecule has 2 nitrogen and oxygen atoms in total. The van der Waals surface area contributed by atoms with Crippen molar-refractivity contribution in [1.29, 1.82) is 0 Å². The van der Waals surface area contributed by atoms with Gasteiger partial charge in [-0.05, 0) is 37.1 Å². The van der Waals surface area contributed by atoms with E-state index in [4.69, 9.17) is 4.74 Å². The van der Waals surface area contributed by atoms with Gasteiger partial charge in [0, 0.05) is 17.2 Å². The fourth-order valence-corrected chi connectivity index (χ4v) is 2.30. The van der Waals surface area contributed by atoms with Gasteiger partial charge in [-0.25, -0.2) is 0 Å². The average Bonchev–Trinajstić information content (AvgIpc) is 2.33. The third-order valence-corrected chi connectivity index (χ3v) is 3.48. The smallest absolute Gasteiger partial charge is 0.119 e. The maximum Gasteiger partial charge on any atom is 0.119 e. The molecule has 1 rings (SSSR count). The molecule has 0 aliphatic rings. The Labute approximate surface area is 109 Å². The second-order valence-electron chi connectivity index (χ2n) is 4.46. The third-order valence-electron chi connectivity index (χ3n) is 2.49. The molecule has 0 spiro atoms. The fraction of sp³-hybridized carbons (Fsp3) is 0.571. The van der Waals surface area contributed by atoms with Crippen LogP contribution in [0.4, 0.5) is 0 Å². The molecule has 0 saturated carbocycles. The van der Waals surface area contributed by atoms with E-state index in [0.717, 1.165) is 30.5 Å². The fourth-order valence-electron chi connectivity index (χ4n) is 1.45. The molecule has 0 radical (unpaired) electrons. The molecule has 0 saturated heterocycles. The molecule has 0 aliphatic heterocycles. The van der Waals surface area contributed by atoms with Crippen molar-refractivity contribution in [3.63, 3.8) is 0 Å². The number of thioether (sulfide) groups is 1. The number of nitrogens with one attached hydrogen (secondary N) is 1. The number of hydrogen-bond acceptors (Lipinski definition) is 3. The Morgan fingerprint density at radius 1 is 1.29 bits per heavy atom. The minimum atomic E-state index is 0.786. The van der Waals surface area contributed by atoms with E-state index in [9.17, 15) is 0 Å². The third kappa shape index (κ3) is 6.59. The largest absolute Gasteiger partial charge is 0.497 e. The van der Waals surface area contributed by atoms with Gasteiger partial charge in [0.25, 0.3) is 0 Å². The SMILES string of the molecule is COc1cccc(SCCNCCC(C)C)c1.